The molecular weight excluding hydrogens is 156 g/mol. The molecule has 0 aromatic rings. The molecule has 0 spiro atoms. The topological polar surface area (TPSA) is 34.1 Å². The van der Waals surface area contributed by atoms with Gasteiger partial charge in [-0.3, -0.25) is 0 Å². The molecule has 0 fully saturated rings. The molecule has 0 rings (SSSR count). The molecule has 0 N–H and O–H groups in total. The van der Waals surface area contributed by atoms with Gasteiger partial charge in [-0.25, -0.2) is 0 Å². The SMILES string of the molecule is CC(=O)[CH]([Cu])C(C)=O. The summed E-state index contributed by atoms with van der Waals surface area (Å²) in [7, 11) is 0. The zero-order chi connectivity index (χ0) is 6.73. The predicted molar refractivity (Wildman–Crippen MR) is 25.1 cm³/mol. The first-order valence-corrected chi connectivity index (χ1v) is 2.70. The Kier molecular flexibility index (Phi) is 2.95. The van der Waals surface area contributed by atoms with Crippen LogP contribution in [0.1, 0.15) is 13.8 Å². The van der Waals surface area contributed by atoms with Crippen molar-refractivity contribution in [1.29, 1.82) is 0 Å². The van der Waals surface area contributed by atoms with Crippen LogP contribution in [0.2, 0.25) is 4.82 Å². The zero-order valence-electron chi connectivity index (χ0n) is 4.70. The normalized spacial score (nSPS) is 9.62. The van der Waals surface area contributed by atoms with E-state index in [1.54, 1.807) is 0 Å². The van der Waals surface area contributed by atoms with E-state index in [2.05, 4.69) is 16.0 Å². The number of rotatable bonds is 2. The quantitative estimate of drug-likeness (QED) is 0.438. The van der Waals surface area contributed by atoms with Crippen LogP contribution in [-0.4, -0.2) is 11.6 Å². The molecule has 0 radical (unpaired) electrons. The first-order chi connectivity index (χ1) is 3.55. The van der Waals surface area contributed by atoms with Crippen LogP contribution >= 0.6 is 0 Å². The Bertz CT molecular complexity index is 106. The maximum atomic E-state index is 10.3. The van der Waals surface area contributed by atoms with Crippen molar-refractivity contribution in [2.24, 2.45) is 0 Å². The predicted octanol–water partition coefficient (Wildman–Crippen LogP) is 0.500. The number of carbonyl (C=O) groups is 2. The fourth-order valence-corrected chi connectivity index (χ4v) is 0.286. The van der Waals surface area contributed by atoms with Crippen LogP contribution in [0.15, 0.2) is 0 Å². The summed E-state index contributed by atoms with van der Waals surface area (Å²) < 4.78 is 0. The van der Waals surface area contributed by atoms with Crippen molar-refractivity contribution in [2.75, 3.05) is 0 Å². The van der Waals surface area contributed by atoms with Crippen LogP contribution in [0.25, 0.3) is 0 Å². The van der Waals surface area contributed by atoms with E-state index in [1.165, 1.54) is 13.8 Å². The summed E-state index contributed by atoms with van der Waals surface area (Å²) in [6.07, 6.45) is 0. The number of carbonyl (C=O) groups excluding carboxylic acids is 2. The van der Waals surface area contributed by atoms with Gasteiger partial charge in [0.2, 0.25) is 0 Å². The van der Waals surface area contributed by atoms with Gasteiger partial charge in [-0.15, -0.1) is 0 Å². The molecule has 0 amide bonds. The summed E-state index contributed by atoms with van der Waals surface area (Å²) in [5.41, 5.74) is 0. The summed E-state index contributed by atoms with van der Waals surface area (Å²) in [6, 6.07) is 0. The van der Waals surface area contributed by atoms with E-state index < -0.39 is 4.82 Å². The molecule has 0 heterocycles. The average Bonchev–Trinajstić information content (AvgIpc) is 1.64. The number of hydrogen-bond acceptors (Lipinski definition) is 2. The first-order valence-electron chi connectivity index (χ1n) is 2.16. The van der Waals surface area contributed by atoms with Crippen LogP contribution in [-0.2, 0) is 25.6 Å². The van der Waals surface area contributed by atoms with Crippen LogP contribution in [0.4, 0.5) is 0 Å². The van der Waals surface area contributed by atoms with Gasteiger partial charge in [0, 0.05) is 0 Å². The van der Waals surface area contributed by atoms with Crippen molar-refractivity contribution in [1.82, 2.24) is 0 Å². The molecule has 0 saturated carbocycles. The molecule has 0 atom stereocenters. The molecule has 2 nitrogen and oxygen atoms in total. The summed E-state index contributed by atoms with van der Waals surface area (Å²) in [6.45, 7) is 2.63. The fourth-order valence-electron chi connectivity index (χ4n) is 0.286. The van der Waals surface area contributed by atoms with Gasteiger partial charge in [0.1, 0.15) is 0 Å². The van der Waals surface area contributed by atoms with E-state index >= 15 is 0 Å². The van der Waals surface area contributed by atoms with E-state index in [0.717, 1.165) is 0 Å². The maximum absolute atomic E-state index is 10.3. The van der Waals surface area contributed by atoms with Crippen molar-refractivity contribution < 1.29 is 25.6 Å². The summed E-state index contributed by atoms with van der Waals surface area (Å²) in [5.74, 6) is -0.505. The molecule has 50 valence electrons. The van der Waals surface area contributed by atoms with Gasteiger partial charge in [-0.05, 0) is 0 Å². The molecule has 0 aromatic heterocycles. The molecule has 0 saturated heterocycles. The van der Waals surface area contributed by atoms with Gasteiger partial charge in [0.15, 0.2) is 0 Å². The molecule has 0 aliphatic rings. The van der Waals surface area contributed by atoms with Crippen LogP contribution < -0.4 is 0 Å². The van der Waals surface area contributed by atoms with Gasteiger partial charge in [-0.1, -0.05) is 0 Å². The molecule has 0 unspecified atom stereocenters. The van der Waals surface area contributed by atoms with Crippen molar-refractivity contribution in [3.05, 3.63) is 0 Å². The Balaban J connectivity index is 3.83. The Hall–Kier alpha value is -0.141. The second kappa shape index (κ2) is 3.00. The van der Waals surface area contributed by atoms with Crippen LogP contribution in [0, 0.1) is 0 Å². The van der Waals surface area contributed by atoms with Gasteiger partial charge in [0.25, 0.3) is 0 Å². The van der Waals surface area contributed by atoms with Gasteiger partial charge < -0.3 is 0 Å². The number of ketones is 2. The van der Waals surface area contributed by atoms with Gasteiger partial charge in [0.05, 0.1) is 0 Å². The minimum absolute atomic E-state index is 0.252. The summed E-state index contributed by atoms with van der Waals surface area (Å²) >= 11 is 4.63. The second-order valence-electron chi connectivity index (χ2n) is 1.54. The van der Waals surface area contributed by atoms with Crippen molar-refractivity contribution in [2.45, 2.75) is 18.7 Å². The summed E-state index contributed by atoms with van der Waals surface area (Å²) in [5, 5.41) is 0. The molecular formula is C5H7CuO2. The number of Topliss-reactive ketones (excluding diaryl/α,β-unsaturated/α-hetero) is 2. The molecule has 0 aromatic carbocycles. The van der Waals surface area contributed by atoms with Gasteiger partial charge in [-0.2, -0.15) is 0 Å². The van der Waals surface area contributed by atoms with E-state index in [9.17, 15) is 9.59 Å². The van der Waals surface area contributed by atoms with E-state index in [0.29, 0.717) is 0 Å². The van der Waals surface area contributed by atoms with E-state index in [4.69, 9.17) is 0 Å². The van der Waals surface area contributed by atoms with Crippen molar-refractivity contribution in [3.63, 3.8) is 0 Å². The Morgan fingerprint density at radius 3 is 1.50 bits per heavy atom. The molecule has 3 heteroatoms. The minimum atomic E-state index is -0.845. The Labute approximate surface area is 56.5 Å². The average molecular weight is 163 g/mol. The third-order valence-corrected chi connectivity index (χ3v) is 1.42. The van der Waals surface area contributed by atoms with E-state index in [1.807, 2.05) is 0 Å². The third-order valence-electron chi connectivity index (χ3n) is 0.652. The van der Waals surface area contributed by atoms with Crippen LogP contribution in [0.5, 0.6) is 0 Å². The van der Waals surface area contributed by atoms with Crippen molar-refractivity contribution in [3.8, 4) is 0 Å². The standard InChI is InChI=1S/C5H7O2.Cu/c1-4(6)3-5(2)7;/h3H,1-2H3;. The molecule has 0 aliphatic carbocycles. The molecule has 0 aliphatic heterocycles. The molecule has 8 heavy (non-hydrogen) atoms. The Morgan fingerprint density at radius 1 is 1.25 bits per heavy atom. The van der Waals surface area contributed by atoms with Gasteiger partial charge >= 0.3 is 55.8 Å². The zero-order valence-corrected chi connectivity index (χ0v) is 5.64. The monoisotopic (exact) mass is 162 g/mol. The first kappa shape index (κ1) is 7.86. The fraction of sp³-hybridized carbons (Fsp3) is 0.600. The third kappa shape index (κ3) is 2.24. The van der Waals surface area contributed by atoms with Crippen LogP contribution in [0.3, 0.4) is 0 Å². The number of hydrogen-bond donors (Lipinski definition) is 0. The molecule has 0 bridgehead atoms. The van der Waals surface area contributed by atoms with E-state index in [-0.39, 0.29) is 11.6 Å². The Morgan fingerprint density at radius 2 is 1.50 bits per heavy atom. The van der Waals surface area contributed by atoms with Crippen molar-refractivity contribution >= 4 is 11.6 Å². The summed E-state index contributed by atoms with van der Waals surface area (Å²) in [4.78, 5) is 19.7. The second-order valence-corrected chi connectivity index (χ2v) is 2.08.